The lowest BCUT2D eigenvalue weighted by molar-refractivity contribution is 0.309. The van der Waals surface area contributed by atoms with Crippen molar-refractivity contribution >= 4 is 21.0 Å². The lowest BCUT2D eigenvalue weighted by atomic mass is 9.91. The van der Waals surface area contributed by atoms with E-state index in [1.165, 1.54) is 0 Å². The average molecular weight is 375 g/mol. The van der Waals surface area contributed by atoms with E-state index < -0.39 is 15.7 Å². The van der Waals surface area contributed by atoms with Gasteiger partial charge in [0.1, 0.15) is 0 Å². The summed E-state index contributed by atoms with van der Waals surface area (Å²) < 4.78 is 35.3. The Labute approximate surface area is 154 Å². The molecule has 1 aromatic heterocycles. The van der Waals surface area contributed by atoms with Crippen LogP contribution in [-0.4, -0.2) is 31.2 Å². The first-order chi connectivity index (χ1) is 12.8. The molecule has 0 saturated carbocycles. The molecule has 0 amide bonds. The third kappa shape index (κ3) is 5.00. The van der Waals surface area contributed by atoms with E-state index in [2.05, 4.69) is 4.98 Å². The quantitative estimate of drug-likeness (QED) is 0.692. The van der Waals surface area contributed by atoms with Gasteiger partial charge in [-0.2, -0.15) is 8.42 Å². The number of aromatic nitrogens is 2. The maximum atomic E-state index is 12.2. The normalized spacial score (nSPS) is 12.8. The van der Waals surface area contributed by atoms with E-state index in [9.17, 15) is 13.2 Å². The van der Waals surface area contributed by atoms with Gasteiger partial charge in [0, 0.05) is 5.92 Å². The molecule has 138 valence electrons. The average Bonchev–Trinajstić information content (AvgIpc) is 2.67. The molecular weight excluding hydrogens is 352 g/mol. The van der Waals surface area contributed by atoms with Gasteiger partial charge in [-0.1, -0.05) is 50.2 Å². The van der Waals surface area contributed by atoms with Gasteiger partial charge in [-0.05, 0) is 23.3 Å². The Hall–Kier alpha value is -2.51. The Kier molecular flexibility index (Phi) is 6.14. The van der Waals surface area contributed by atoms with E-state index in [1.54, 1.807) is 18.2 Å². The van der Waals surface area contributed by atoms with E-state index in [0.29, 0.717) is 21.4 Å². The fourth-order valence-corrected chi connectivity index (χ4v) is 2.91. The monoisotopic (exact) mass is 375 g/mol. The van der Waals surface area contributed by atoms with Gasteiger partial charge in [0.2, 0.25) is 0 Å². The second-order valence-corrected chi connectivity index (χ2v) is 7.05. The molecule has 0 aliphatic rings. The van der Waals surface area contributed by atoms with Gasteiger partial charge in [-0.3, -0.25) is 8.98 Å². The van der Waals surface area contributed by atoms with Crippen molar-refractivity contribution in [3.05, 3.63) is 76.3 Å². The van der Waals surface area contributed by atoms with Crippen LogP contribution in [0.4, 0.5) is 0 Å². The van der Waals surface area contributed by atoms with E-state index in [1.807, 2.05) is 44.2 Å². The minimum Gasteiger partial charge on any atom is -0.313 e. The van der Waals surface area contributed by atoms with Crippen LogP contribution in [0.25, 0.3) is 10.9 Å². The van der Waals surface area contributed by atoms with Crippen LogP contribution in [-0.2, 0) is 14.3 Å². The van der Waals surface area contributed by atoms with Gasteiger partial charge >= 0.3 is 0 Å². The lowest BCUT2D eigenvalue weighted by Gasteiger charge is -2.18. The SMILES string of the molecule is CC.[2H]n1cnc2ccc(C(COS(C)(=O)=O)c3ccccc3)cc2c1=O. The molecule has 0 spiro atoms. The smallest absolute Gasteiger partial charge is 0.264 e. The Balaban J connectivity index is 0.00000126. The number of hydrogen-bond acceptors (Lipinski definition) is 5. The van der Waals surface area contributed by atoms with Gasteiger partial charge in [0.25, 0.3) is 15.7 Å². The molecule has 1 atom stereocenters. The molecule has 0 radical (unpaired) electrons. The number of benzene rings is 2. The Bertz CT molecular complexity index is 1070. The topological polar surface area (TPSA) is 89.1 Å². The van der Waals surface area contributed by atoms with Gasteiger partial charge in [-0.25, -0.2) is 4.98 Å². The Morgan fingerprint density at radius 3 is 2.50 bits per heavy atom. The summed E-state index contributed by atoms with van der Waals surface area (Å²) in [6.07, 6.45) is 2.14. The van der Waals surface area contributed by atoms with Crippen molar-refractivity contribution in [3.63, 3.8) is 0 Å². The summed E-state index contributed by atoms with van der Waals surface area (Å²) in [5.41, 5.74) is 1.57. The van der Waals surface area contributed by atoms with Crippen LogP contribution < -0.4 is 5.56 Å². The minimum absolute atomic E-state index is 0.0797. The van der Waals surface area contributed by atoms with Crippen LogP contribution in [0.1, 0.15) is 30.9 Å². The van der Waals surface area contributed by atoms with Gasteiger partial charge in [0.15, 0.2) is 1.41 Å². The number of aromatic amines is 1. The van der Waals surface area contributed by atoms with Crippen LogP contribution in [0.15, 0.2) is 59.7 Å². The summed E-state index contributed by atoms with van der Waals surface area (Å²) in [5, 5.41) is 0.301. The molecule has 2 aromatic carbocycles. The Morgan fingerprint density at radius 1 is 1.15 bits per heavy atom. The molecule has 1 N–H and O–H groups in total. The third-order valence-corrected chi connectivity index (χ3v) is 4.24. The van der Waals surface area contributed by atoms with Crippen molar-refractivity contribution < 1.29 is 14.0 Å². The third-order valence-electron chi connectivity index (χ3n) is 3.68. The first-order valence-electron chi connectivity index (χ1n) is 8.70. The largest absolute Gasteiger partial charge is 0.313 e. The van der Waals surface area contributed by atoms with Crippen molar-refractivity contribution in [1.29, 1.82) is 0 Å². The molecular formula is C19H22N2O4S. The summed E-state index contributed by atoms with van der Waals surface area (Å²) in [4.78, 5) is 16.9. The Morgan fingerprint density at radius 2 is 1.85 bits per heavy atom. The molecule has 26 heavy (non-hydrogen) atoms. The molecule has 0 aliphatic heterocycles. The number of fused-ring (bicyclic) bond motifs is 1. The summed E-state index contributed by atoms with van der Waals surface area (Å²) in [5.74, 6) is -0.376. The van der Waals surface area contributed by atoms with E-state index in [0.717, 1.165) is 18.1 Å². The van der Waals surface area contributed by atoms with Gasteiger partial charge in [0.05, 0.1) is 30.1 Å². The fraction of sp³-hybridized carbons (Fsp3) is 0.263. The summed E-state index contributed by atoms with van der Waals surface area (Å²) in [7, 11) is -3.60. The minimum atomic E-state index is -3.60. The van der Waals surface area contributed by atoms with Crippen LogP contribution in [0.2, 0.25) is 1.41 Å². The highest BCUT2D eigenvalue weighted by Crippen LogP contribution is 2.27. The molecule has 6 nitrogen and oxygen atoms in total. The maximum absolute atomic E-state index is 12.2. The number of H-pyrrole nitrogens is 1. The fourth-order valence-electron chi connectivity index (χ4n) is 2.53. The van der Waals surface area contributed by atoms with E-state index in [-0.39, 0.29) is 12.5 Å². The van der Waals surface area contributed by atoms with Crippen molar-refractivity contribution in [2.45, 2.75) is 19.8 Å². The second kappa shape index (κ2) is 8.73. The van der Waals surface area contributed by atoms with Crippen LogP contribution >= 0.6 is 0 Å². The van der Waals surface area contributed by atoms with Gasteiger partial charge in [-0.15, -0.1) is 0 Å². The standard InChI is InChI=1S/C17H16N2O4S.C2H6/c1-24(21,22)23-10-15(12-5-3-2-4-6-12)13-7-8-16-14(9-13)17(20)19-11-18-16;1-2/h2-9,11,15H,10H2,1H3,(H,18,19,20);1-2H3/i/hD. The number of hydrogen-bond donors (Lipinski definition) is 1. The van der Waals surface area contributed by atoms with E-state index in [4.69, 9.17) is 5.59 Å². The highest BCUT2D eigenvalue weighted by molar-refractivity contribution is 7.85. The van der Waals surface area contributed by atoms with Crippen LogP contribution in [0.3, 0.4) is 0 Å². The predicted octanol–water partition coefficient (Wildman–Crippen LogP) is 3.06. The molecule has 1 heterocycles. The molecule has 0 bridgehead atoms. The summed E-state index contributed by atoms with van der Waals surface area (Å²) in [6.45, 7) is 3.92. The molecule has 3 aromatic rings. The number of nitrogens with zero attached hydrogens (tertiary/aromatic N) is 1. The molecule has 3 rings (SSSR count). The predicted molar refractivity (Wildman–Crippen MR) is 103 cm³/mol. The van der Waals surface area contributed by atoms with Crippen molar-refractivity contribution in [1.82, 2.24) is 9.96 Å². The molecule has 1 unspecified atom stereocenters. The van der Waals surface area contributed by atoms with Crippen LogP contribution in [0, 0.1) is 0 Å². The van der Waals surface area contributed by atoms with Crippen molar-refractivity contribution in [2.24, 2.45) is 0 Å². The van der Waals surface area contributed by atoms with Crippen LogP contribution in [0.5, 0.6) is 0 Å². The summed E-state index contributed by atoms with van der Waals surface area (Å²) >= 11 is 0. The van der Waals surface area contributed by atoms with Crippen molar-refractivity contribution in [2.75, 3.05) is 12.9 Å². The first-order valence-corrected chi connectivity index (χ1v) is 10.1. The first kappa shape index (κ1) is 18.3. The van der Waals surface area contributed by atoms with E-state index >= 15 is 0 Å². The zero-order valence-electron chi connectivity index (χ0n) is 15.9. The zero-order chi connectivity index (χ0) is 20.0. The molecule has 0 saturated heterocycles. The maximum Gasteiger partial charge on any atom is 0.264 e. The second-order valence-electron chi connectivity index (χ2n) is 5.41. The lowest BCUT2D eigenvalue weighted by Crippen LogP contribution is -2.14. The summed E-state index contributed by atoms with van der Waals surface area (Å²) in [6, 6.07) is 14.4. The number of nitrogens with one attached hydrogen (secondary N) is 1. The van der Waals surface area contributed by atoms with Gasteiger partial charge < -0.3 is 4.98 Å². The zero-order valence-corrected chi connectivity index (χ0v) is 15.7. The number of rotatable bonds is 5. The molecule has 0 fully saturated rings. The van der Waals surface area contributed by atoms with Crippen molar-refractivity contribution in [3.8, 4) is 0 Å². The molecule has 7 heteroatoms. The molecule has 0 aliphatic carbocycles. The highest BCUT2D eigenvalue weighted by Gasteiger charge is 2.18. The highest BCUT2D eigenvalue weighted by atomic mass is 32.2.